The fourth-order valence-corrected chi connectivity index (χ4v) is 8.15. The summed E-state index contributed by atoms with van der Waals surface area (Å²) >= 11 is 0. The number of hydrogen-bond acceptors (Lipinski definition) is 1. The Balaban J connectivity index is 2.88. The lowest BCUT2D eigenvalue weighted by Crippen LogP contribution is -2.05. The molecule has 0 nitrogen and oxygen atoms in total. The van der Waals surface area contributed by atoms with Crippen molar-refractivity contribution < 1.29 is 0 Å². The van der Waals surface area contributed by atoms with Crippen molar-refractivity contribution in [3.63, 3.8) is 0 Å². The average Bonchev–Trinajstić information content (AvgIpc) is 2.37. The van der Waals surface area contributed by atoms with Crippen LogP contribution in [-0.4, -0.2) is 17.3 Å². The Hall–Kier alpha value is -0.340. The highest BCUT2D eigenvalue weighted by atomic mass is 33.2. The quantitative estimate of drug-likeness (QED) is 0.464. The molecule has 0 bridgehead atoms. The first-order chi connectivity index (χ1) is 8.12. The summed E-state index contributed by atoms with van der Waals surface area (Å²) in [4.78, 5) is 1.52. The van der Waals surface area contributed by atoms with E-state index < -0.39 is 9.06 Å². The van der Waals surface area contributed by atoms with Crippen LogP contribution in [0.5, 0.6) is 0 Å². The van der Waals surface area contributed by atoms with Crippen LogP contribution in [0.1, 0.15) is 26.7 Å². The Morgan fingerprint density at radius 3 is 2.53 bits per heavy atom. The minimum atomic E-state index is -0.746. The van der Waals surface area contributed by atoms with Gasteiger partial charge in [-0.2, -0.15) is 9.06 Å². The largest absolute Gasteiger partial charge is 0.168 e. The lowest BCUT2D eigenvalue weighted by molar-refractivity contribution is 0.911. The molecule has 1 aromatic rings. The molecule has 0 spiro atoms. The summed E-state index contributed by atoms with van der Waals surface area (Å²) in [5.41, 5.74) is 0. The van der Waals surface area contributed by atoms with Gasteiger partial charge in [0.15, 0.2) is 0 Å². The van der Waals surface area contributed by atoms with Crippen molar-refractivity contribution in [1.29, 1.82) is 0 Å². The first kappa shape index (κ1) is 14.7. The van der Waals surface area contributed by atoms with Gasteiger partial charge in [-0.3, -0.25) is 0 Å². The normalized spacial score (nSPS) is 18.1. The molecule has 0 aliphatic rings. The molecule has 0 aromatic heterocycles. The summed E-state index contributed by atoms with van der Waals surface area (Å²) < 4.78 is 0. The zero-order valence-corrected chi connectivity index (χ0v) is 12.8. The lowest BCUT2D eigenvalue weighted by atomic mass is 10.4. The molecule has 1 aromatic carbocycles. The summed E-state index contributed by atoms with van der Waals surface area (Å²) in [6.07, 6.45) is 6.85. The van der Waals surface area contributed by atoms with E-state index in [2.05, 4.69) is 67.8 Å². The highest BCUT2D eigenvalue weighted by molar-refractivity contribution is 8.94. The van der Waals surface area contributed by atoms with Gasteiger partial charge in [-0.15, -0.1) is 17.4 Å². The van der Waals surface area contributed by atoms with Gasteiger partial charge in [0.25, 0.3) is 0 Å². The highest BCUT2D eigenvalue weighted by Crippen LogP contribution is 2.65. The van der Waals surface area contributed by atoms with Gasteiger partial charge in [0, 0.05) is 5.25 Å². The molecule has 0 N–H and O–H groups in total. The van der Waals surface area contributed by atoms with Crippen molar-refractivity contribution in [2.24, 2.45) is 0 Å². The summed E-state index contributed by atoms with van der Waals surface area (Å²) in [5.74, 6) is 1.25. The number of hydrogen-bond donors (Lipinski definition) is 0. The van der Waals surface area contributed by atoms with Gasteiger partial charge < -0.3 is 0 Å². The zero-order valence-electron chi connectivity index (χ0n) is 11.2. The van der Waals surface area contributed by atoms with E-state index in [1.807, 2.05) is 6.08 Å². The van der Waals surface area contributed by atoms with Gasteiger partial charge in [0.2, 0.25) is 0 Å². The van der Waals surface area contributed by atoms with Crippen LogP contribution in [0, 0.1) is 0 Å². The molecule has 1 rings (SSSR count). The maximum absolute atomic E-state index is 3.86. The second kappa shape index (κ2) is 7.17. The molecular formula is C15H24S2. The molecule has 0 fully saturated rings. The predicted molar refractivity (Wildman–Crippen MR) is 85.2 cm³/mol. The molecule has 17 heavy (non-hydrogen) atoms. The molecule has 2 heteroatoms. The van der Waals surface area contributed by atoms with Crippen LogP contribution >= 0.6 is 19.9 Å². The molecule has 2 atom stereocenters. The first-order valence-corrected chi connectivity index (χ1v) is 9.83. The predicted octanol–water partition coefficient (Wildman–Crippen LogP) is 5.50. The minimum absolute atomic E-state index is 0.736. The van der Waals surface area contributed by atoms with Crippen LogP contribution in [0.15, 0.2) is 47.9 Å². The van der Waals surface area contributed by atoms with Gasteiger partial charge in [-0.25, -0.2) is 0 Å². The van der Waals surface area contributed by atoms with Crippen LogP contribution in [0.2, 0.25) is 0 Å². The van der Waals surface area contributed by atoms with Crippen LogP contribution in [-0.2, 0) is 0 Å². The number of benzene rings is 1. The van der Waals surface area contributed by atoms with E-state index in [4.69, 9.17) is 0 Å². The van der Waals surface area contributed by atoms with Crippen LogP contribution in [0.25, 0.3) is 0 Å². The van der Waals surface area contributed by atoms with E-state index in [9.17, 15) is 0 Å². The Bertz CT molecular complexity index is 334. The zero-order chi connectivity index (χ0) is 12.7. The minimum Gasteiger partial charge on any atom is -0.168 e. The SMILES string of the molecule is C=CCCS(C)(SC(C)CC)c1ccccc1. The maximum Gasteiger partial charge on any atom is 0.0108 e. The molecule has 0 radical (unpaired) electrons. The van der Waals surface area contributed by atoms with Crippen LogP contribution < -0.4 is 0 Å². The molecule has 0 saturated carbocycles. The standard InChI is InChI=1S/C15H24S2/c1-5-7-13-17(4,16-14(3)6-2)15-11-9-8-10-12-15/h5,8-12,14H,1,6-7,13H2,2-4H3. The molecule has 96 valence electrons. The van der Waals surface area contributed by atoms with Crippen LogP contribution in [0.3, 0.4) is 0 Å². The van der Waals surface area contributed by atoms with Crippen molar-refractivity contribution in [3.05, 3.63) is 43.0 Å². The van der Waals surface area contributed by atoms with E-state index in [1.165, 1.54) is 17.1 Å². The summed E-state index contributed by atoms with van der Waals surface area (Å²) in [6, 6.07) is 11.0. The van der Waals surface area contributed by atoms with E-state index in [1.54, 1.807) is 0 Å². The molecule has 0 saturated heterocycles. The van der Waals surface area contributed by atoms with E-state index in [0.29, 0.717) is 0 Å². The Morgan fingerprint density at radius 1 is 1.35 bits per heavy atom. The summed E-state index contributed by atoms with van der Waals surface area (Å²) in [6.45, 7) is 8.47. The molecule has 0 heterocycles. The third-order valence-corrected chi connectivity index (χ3v) is 9.61. The number of rotatable bonds is 7. The van der Waals surface area contributed by atoms with Crippen molar-refractivity contribution >= 4 is 19.9 Å². The van der Waals surface area contributed by atoms with Crippen molar-refractivity contribution in [3.8, 4) is 0 Å². The molecule has 0 aliphatic heterocycles. The topological polar surface area (TPSA) is 0 Å². The fraction of sp³-hybridized carbons (Fsp3) is 0.467. The Labute approximate surface area is 112 Å². The van der Waals surface area contributed by atoms with Gasteiger partial charge >= 0.3 is 0 Å². The van der Waals surface area contributed by atoms with E-state index in [-0.39, 0.29) is 0 Å². The van der Waals surface area contributed by atoms with Crippen LogP contribution in [0.4, 0.5) is 0 Å². The van der Waals surface area contributed by atoms with Crippen molar-refractivity contribution in [2.75, 3.05) is 12.0 Å². The molecule has 0 aliphatic carbocycles. The van der Waals surface area contributed by atoms with Crippen molar-refractivity contribution in [2.45, 2.75) is 36.8 Å². The van der Waals surface area contributed by atoms with Gasteiger partial charge in [-0.05, 0) is 41.9 Å². The maximum atomic E-state index is 3.86. The lowest BCUT2D eigenvalue weighted by Gasteiger charge is -2.37. The summed E-state index contributed by atoms with van der Waals surface area (Å²) in [5, 5.41) is 0.736. The molecule has 0 amide bonds. The monoisotopic (exact) mass is 268 g/mol. The smallest absolute Gasteiger partial charge is 0.0108 e. The van der Waals surface area contributed by atoms with E-state index >= 15 is 0 Å². The second-order valence-corrected chi connectivity index (χ2v) is 11.1. The first-order valence-electron chi connectivity index (χ1n) is 6.22. The highest BCUT2D eigenvalue weighted by Gasteiger charge is 2.22. The summed E-state index contributed by atoms with van der Waals surface area (Å²) in [7, 11) is 1.43. The average molecular weight is 268 g/mol. The third-order valence-electron chi connectivity index (χ3n) is 2.90. The van der Waals surface area contributed by atoms with Crippen molar-refractivity contribution in [1.82, 2.24) is 0 Å². The molecular weight excluding hydrogens is 244 g/mol. The second-order valence-electron chi connectivity index (χ2n) is 4.41. The van der Waals surface area contributed by atoms with Gasteiger partial charge in [0.1, 0.15) is 0 Å². The van der Waals surface area contributed by atoms with E-state index in [0.717, 1.165) is 11.7 Å². The van der Waals surface area contributed by atoms with Gasteiger partial charge in [-0.1, -0.05) is 38.1 Å². The molecule has 2 unspecified atom stereocenters. The Morgan fingerprint density at radius 2 is 2.00 bits per heavy atom. The fourth-order valence-electron chi connectivity index (χ4n) is 1.67. The third kappa shape index (κ3) is 4.44. The Kier molecular flexibility index (Phi) is 6.21. The van der Waals surface area contributed by atoms with Gasteiger partial charge in [0.05, 0.1) is 0 Å². The number of allylic oxidation sites excluding steroid dienone is 1.